The zero-order valence-corrected chi connectivity index (χ0v) is 14.9. The summed E-state index contributed by atoms with van der Waals surface area (Å²) in [6, 6.07) is 10.7. The Kier molecular flexibility index (Phi) is 5.89. The molecule has 7 heteroatoms. The van der Waals surface area contributed by atoms with Gasteiger partial charge in [-0.2, -0.15) is 16.9 Å². The van der Waals surface area contributed by atoms with Gasteiger partial charge in [0.2, 0.25) is 10.0 Å². The van der Waals surface area contributed by atoms with Gasteiger partial charge in [0.15, 0.2) is 0 Å². The Hall–Kier alpha value is -1.31. The van der Waals surface area contributed by atoms with Gasteiger partial charge in [0, 0.05) is 49.4 Å². The molecule has 0 saturated heterocycles. The molecule has 0 fully saturated rings. The van der Waals surface area contributed by atoms with Gasteiger partial charge in [-0.3, -0.25) is 0 Å². The molecule has 126 valence electrons. The van der Waals surface area contributed by atoms with Crippen LogP contribution in [0.2, 0.25) is 0 Å². The monoisotopic (exact) mass is 355 g/mol. The van der Waals surface area contributed by atoms with Crippen LogP contribution in [-0.2, 0) is 10.0 Å². The normalized spacial score (nSPS) is 12.0. The van der Waals surface area contributed by atoms with Crippen molar-refractivity contribution in [3.8, 4) is 0 Å². The van der Waals surface area contributed by atoms with E-state index in [2.05, 4.69) is 12.6 Å². The molecule has 0 amide bonds. The number of thiol groups is 1. The topological polar surface area (TPSA) is 40.6 Å². The molecule has 0 spiro atoms. The quantitative estimate of drug-likeness (QED) is 0.777. The van der Waals surface area contributed by atoms with Crippen molar-refractivity contribution in [2.75, 3.05) is 44.5 Å². The van der Waals surface area contributed by atoms with Crippen molar-refractivity contribution in [3.63, 3.8) is 0 Å². The van der Waals surface area contributed by atoms with Crippen molar-refractivity contribution in [2.24, 2.45) is 0 Å². The lowest BCUT2D eigenvalue weighted by Gasteiger charge is -2.22. The van der Waals surface area contributed by atoms with E-state index in [0.29, 0.717) is 11.1 Å². The molecule has 0 unspecified atom stereocenters. The van der Waals surface area contributed by atoms with E-state index in [4.69, 9.17) is 0 Å². The third-order valence-electron chi connectivity index (χ3n) is 3.64. The van der Waals surface area contributed by atoms with Crippen LogP contribution in [0.15, 0.2) is 41.3 Å². The molecule has 0 aromatic heterocycles. The van der Waals surface area contributed by atoms with Crippen LogP contribution in [-0.4, -0.2) is 52.3 Å². The van der Waals surface area contributed by atoms with Gasteiger partial charge in [0.05, 0.1) is 4.90 Å². The van der Waals surface area contributed by atoms with Gasteiger partial charge < -0.3 is 4.90 Å². The number of hydrogen-bond acceptors (Lipinski definition) is 4. The number of halogens is 1. The van der Waals surface area contributed by atoms with E-state index in [1.165, 1.54) is 0 Å². The van der Waals surface area contributed by atoms with Crippen LogP contribution in [0.3, 0.4) is 0 Å². The maximum absolute atomic E-state index is 12.9. The first-order valence-corrected chi connectivity index (χ1v) is 9.36. The maximum atomic E-state index is 12.9. The summed E-state index contributed by atoms with van der Waals surface area (Å²) in [4.78, 5) is 2.14. The highest BCUT2D eigenvalue weighted by Crippen LogP contribution is 2.31. The predicted molar refractivity (Wildman–Crippen MR) is 96.9 cm³/mol. The smallest absolute Gasteiger partial charge is 0.243 e. The number of rotatable bonds is 7. The Morgan fingerprint density at radius 2 is 1.70 bits per heavy atom. The third-order valence-corrected chi connectivity index (χ3v) is 5.80. The van der Waals surface area contributed by atoms with Crippen molar-refractivity contribution in [1.29, 1.82) is 0 Å². The zero-order chi connectivity index (χ0) is 17.0. The van der Waals surface area contributed by atoms with Crippen LogP contribution < -0.4 is 4.90 Å². The van der Waals surface area contributed by atoms with Crippen molar-refractivity contribution < 1.29 is 12.8 Å². The lowest BCUT2D eigenvalue weighted by Crippen LogP contribution is -2.34. The summed E-state index contributed by atoms with van der Waals surface area (Å²) in [6.07, 6.45) is 0. The standard InChI is InChI=1S/C16H21FN2O2S2/c1-18(2)15-7-3-6-14-13(15)5-4-8-16(14)23(20,21)19(10-9-17)11-12-22/h3-8,22H,9-12H2,1-2H3/i17-1. The van der Waals surface area contributed by atoms with E-state index in [1.54, 1.807) is 18.2 Å². The molecular formula is C16H21FN2O2S2. The molecule has 0 aliphatic rings. The number of anilines is 1. The molecule has 0 atom stereocenters. The Morgan fingerprint density at radius 3 is 2.30 bits per heavy atom. The average Bonchev–Trinajstić information content (AvgIpc) is 2.53. The van der Waals surface area contributed by atoms with E-state index < -0.39 is 16.7 Å². The van der Waals surface area contributed by atoms with Crippen molar-refractivity contribution in [3.05, 3.63) is 36.4 Å². The summed E-state index contributed by atoms with van der Waals surface area (Å²) in [6.45, 7) is -0.702. The lowest BCUT2D eigenvalue weighted by molar-refractivity contribution is 0.369. The molecule has 0 saturated carbocycles. The first kappa shape index (κ1) is 18.0. The third kappa shape index (κ3) is 3.62. The summed E-state index contributed by atoms with van der Waals surface area (Å²) in [5.74, 6) is 0.340. The van der Waals surface area contributed by atoms with Gasteiger partial charge in [-0.15, -0.1) is 0 Å². The van der Waals surface area contributed by atoms with Crippen molar-refractivity contribution in [1.82, 2.24) is 4.31 Å². The van der Waals surface area contributed by atoms with E-state index >= 15 is 0 Å². The first-order chi connectivity index (χ1) is 10.9. The van der Waals surface area contributed by atoms with Gasteiger partial charge in [0.25, 0.3) is 0 Å². The molecule has 2 rings (SSSR count). The fourth-order valence-corrected chi connectivity index (χ4v) is 4.58. The minimum atomic E-state index is -3.77. The number of fused-ring (bicyclic) bond motifs is 1. The summed E-state index contributed by atoms with van der Waals surface area (Å²) in [7, 11) is 0.0495. The van der Waals surface area contributed by atoms with Gasteiger partial charge in [-0.25, -0.2) is 12.8 Å². The van der Waals surface area contributed by atoms with Crippen LogP contribution in [0.5, 0.6) is 0 Å². The molecule has 2 aromatic rings. The maximum Gasteiger partial charge on any atom is 0.243 e. The Labute approximate surface area is 142 Å². The van der Waals surface area contributed by atoms with Gasteiger partial charge in [-0.05, 0) is 12.1 Å². The number of sulfonamides is 1. The summed E-state index contributed by atoms with van der Waals surface area (Å²) in [5.41, 5.74) is 0.936. The summed E-state index contributed by atoms with van der Waals surface area (Å²) in [5, 5.41) is 1.49. The van der Waals surface area contributed by atoms with Crippen LogP contribution >= 0.6 is 12.6 Å². The van der Waals surface area contributed by atoms with E-state index in [9.17, 15) is 12.8 Å². The van der Waals surface area contributed by atoms with Crippen molar-refractivity contribution in [2.45, 2.75) is 4.90 Å². The molecule has 0 heterocycles. The minimum absolute atomic E-state index is 0.160. The van der Waals surface area contributed by atoms with E-state index in [-0.39, 0.29) is 18.0 Å². The number of nitrogens with zero attached hydrogens (tertiary/aromatic N) is 2. The van der Waals surface area contributed by atoms with Gasteiger partial charge >= 0.3 is 0 Å². The Morgan fingerprint density at radius 1 is 1.04 bits per heavy atom. The molecule has 0 bridgehead atoms. The molecule has 4 nitrogen and oxygen atoms in total. The van der Waals surface area contributed by atoms with Crippen LogP contribution in [0.1, 0.15) is 0 Å². The summed E-state index contributed by atoms with van der Waals surface area (Å²) < 4.78 is 39.7. The second kappa shape index (κ2) is 7.51. The minimum Gasteiger partial charge on any atom is -0.377 e. The SMILES string of the molecule is CN(C)c1cccc2c(S(=O)(=O)N(CC[18F])CCS)cccc12. The summed E-state index contributed by atoms with van der Waals surface area (Å²) >= 11 is 4.08. The molecule has 2 aromatic carbocycles. The van der Waals surface area contributed by atoms with Crippen LogP contribution in [0.25, 0.3) is 10.8 Å². The highest BCUT2D eigenvalue weighted by atomic mass is 32.2. The molecule has 0 N–H and O–H groups in total. The lowest BCUT2D eigenvalue weighted by atomic mass is 10.1. The highest BCUT2D eigenvalue weighted by molar-refractivity contribution is 7.89. The average molecular weight is 355 g/mol. The largest absolute Gasteiger partial charge is 0.377 e. The molecule has 23 heavy (non-hydrogen) atoms. The number of alkyl halides is 1. The van der Waals surface area contributed by atoms with Crippen LogP contribution in [0, 0.1) is 0 Å². The number of hydrogen-bond donors (Lipinski definition) is 1. The van der Waals surface area contributed by atoms with Gasteiger partial charge in [0.1, 0.15) is 6.67 Å². The fourth-order valence-electron chi connectivity index (χ4n) is 2.58. The molecule has 0 radical (unpaired) electrons. The van der Waals surface area contributed by atoms with Gasteiger partial charge in [-0.1, -0.05) is 24.3 Å². The Bertz CT molecular complexity index is 773. The zero-order valence-electron chi connectivity index (χ0n) is 13.2. The van der Waals surface area contributed by atoms with E-state index in [1.807, 2.05) is 37.2 Å². The molecule has 0 aliphatic carbocycles. The first-order valence-electron chi connectivity index (χ1n) is 7.29. The molecule has 0 aliphatic heterocycles. The highest BCUT2D eigenvalue weighted by Gasteiger charge is 2.25. The van der Waals surface area contributed by atoms with Crippen molar-refractivity contribution >= 4 is 39.1 Å². The van der Waals surface area contributed by atoms with Crippen LogP contribution in [0.4, 0.5) is 10.1 Å². The second-order valence-corrected chi connectivity index (χ2v) is 7.69. The molecular weight excluding hydrogens is 334 g/mol. The fraction of sp³-hybridized carbons (Fsp3) is 0.375. The Balaban J connectivity index is 2.65. The number of benzene rings is 2. The predicted octanol–water partition coefficient (Wildman–Crippen LogP) is 2.80. The second-order valence-electron chi connectivity index (χ2n) is 5.34. The van der Waals surface area contributed by atoms with E-state index in [0.717, 1.165) is 15.4 Å².